The zero-order valence-electron chi connectivity index (χ0n) is 21.1. The summed E-state index contributed by atoms with van der Waals surface area (Å²) in [5.41, 5.74) is 2.22. The second-order valence-corrected chi connectivity index (χ2v) is 10.2. The quantitative estimate of drug-likeness (QED) is 0.350. The predicted octanol–water partition coefficient (Wildman–Crippen LogP) is 6.02. The third-order valence-electron chi connectivity index (χ3n) is 5.74. The summed E-state index contributed by atoms with van der Waals surface area (Å²) < 4.78 is 1.66. The second-order valence-electron chi connectivity index (χ2n) is 9.76. The van der Waals surface area contributed by atoms with Crippen molar-refractivity contribution in [1.82, 2.24) is 14.7 Å². The first-order chi connectivity index (χ1) is 16.7. The van der Waals surface area contributed by atoms with E-state index in [0.29, 0.717) is 23.1 Å². The lowest BCUT2D eigenvalue weighted by molar-refractivity contribution is -0.134. The Bertz CT molecular complexity index is 1140. The van der Waals surface area contributed by atoms with Crippen LogP contribution in [0.5, 0.6) is 0 Å². The van der Waals surface area contributed by atoms with Gasteiger partial charge in [-0.15, -0.1) is 0 Å². The van der Waals surface area contributed by atoms with E-state index in [0.717, 1.165) is 30.5 Å². The van der Waals surface area contributed by atoms with Crippen LogP contribution in [0.1, 0.15) is 58.2 Å². The predicted molar refractivity (Wildman–Crippen MR) is 142 cm³/mol. The van der Waals surface area contributed by atoms with Crippen molar-refractivity contribution >= 4 is 29.2 Å². The minimum Gasteiger partial charge on any atom is -0.333 e. The van der Waals surface area contributed by atoms with Crippen LogP contribution < -0.4 is 5.32 Å². The highest BCUT2D eigenvalue weighted by Crippen LogP contribution is 2.29. The van der Waals surface area contributed by atoms with Gasteiger partial charge >= 0.3 is 0 Å². The van der Waals surface area contributed by atoms with E-state index in [1.54, 1.807) is 15.6 Å². The van der Waals surface area contributed by atoms with Crippen molar-refractivity contribution in [1.29, 1.82) is 0 Å². The minimum absolute atomic E-state index is 0.0199. The molecule has 0 atom stereocenters. The molecule has 1 aromatic heterocycles. The van der Waals surface area contributed by atoms with E-state index >= 15 is 0 Å². The van der Waals surface area contributed by atoms with Crippen LogP contribution >= 0.6 is 11.6 Å². The van der Waals surface area contributed by atoms with Crippen molar-refractivity contribution < 1.29 is 9.59 Å². The average Bonchev–Trinajstić information content (AvgIpc) is 3.23. The van der Waals surface area contributed by atoms with Gasteiger partial charge in [0.05, 0.1) is 29.4 Å². The number of aromatic nitrogens is 2. The number of rotatable bonds is 10. The molecular weight excluding hydrogens is 460 g/mol. The van der Waals surface area contributed by atoms with Crippen LogP contribution in [0, 0.1) is 0 Å². The van der Waals surface area contributed by atoms with Gasteiger partial charge in [-0.25, -0.2) is 4.68 Å². The van der Waals surface area contributed by atoms with Gasteiger partial charge in [-0.1, -0.05) is 94.6 Å². The molecule has 0 spiro atoms. The monoisotopic (exact) mass is 494 g/mol. The lowest BCUT2D eigenvalue weighted by Gasteiger charge is -2.22. The zero-order valence-corrected chi connectivity index (χ0v) is 21.8. The number of nitrogens with zero attached hydrogens (tertiary/aromatic N) is 3. The van der Waals surface area contributed by atoms with Crippen molar-refractivity contribution in [2.24, 2.45) is 0 Å². The molecule has 3 rings (SSSR count). The van der Waals surface area contributed by atoms with E-state index in [4.69, 9.17) is 16.7 Å². The highest BCUT2D eigenvalue weighted by Gasteiger charge is 2.23. The summed E-state index contributed by atoms with van der Waals surface area (Å²) >= 11 is 6.44. The third-order valence-corrected chi connectivity index (χ3v) is 6.06. The van der Waals surface area contributed by atoms with Gasteiger partial charge in [0.25, 0.3) is 0 Å². The fourth-order valence-electron chi connectivity index (χ4n) is 3.73. The summed E-state index contributed by atoms with van der Waals surface area (Å²) in [6.07, 6.45) is 3.17. The molecule has 35 heavy (non-hydrogen) atoms. The van der Waals surface area contributed by atoms with Gasteiger partial charge in [-0.2, -0.15) is 5.10 Å². The van der Waals surface area contributed by atoms with Crippen LogP contribution in [0.3, 0.4) is 0 Å². The molecule has 0 aliphatic rings. The number of anilines is 1. The van der Waals surface area contributed by atoms with Gasteiger partial charge in [-0.05, 0) is 24.1 Å². The van der Waals surface area contributed by atoms with Crippen molar-refractivity contribution in [3.63, 3.8) is 0 Å². The number of amides is 2. The van der Waals surface area contributed by atoms with E-state index in [2.05, 4.69) is 33.0 Å². The Morgan fingerprint density at radius 3 is 2.37 bits per heavy atom. The molecular formula is C28H35ClN4O2. The fourth-order valence-corrected chi connectivity index (χ4v) is 3.94. The first-order valence-corrected chi connectivity index (χ1v) is 12.5. The molecule has 0 unspecified atom stereocenters. The largest absolute Gasteiger partial charge is 0.333 e. The number of hydrogen-bond donors (Lipinski definition) is 1. The Balaban J connectivity index is 1.81. The molecule has 0 aliphatic carbocycles. The molecule has 0 saturated heterocycles. The Hall–Kier alpha value is -3.12. The number of carbonyl (C=O) groups excluding carboxylic acids is 2. The fraction of sp³-hybridized carbons (Fsp3) is 0.393. The lowest BCUT2D eigenvalue weighted by atomic mass is 9.92. The number of benzene rings is 2. The maximum Gasteiger partial charge on any atom is 0.245 e. The highest BCUT2D eigenvalue weighted by atomic mass is 35.5. The number of halogens is 1. The van der Waals surface area contributed by atoms with E-state index < -0.39 is 0 Å². The molecule has 7 heteroatoms. The van der Waals surface area contributed by atoms with E-state index in [9.17, 15) is 9.59 Å². The Morgan fingerprint density at radius 1 is 1.03 bits per heavy atom. The van der Waals surface area contributed by atoms with Crippen LogP contribution in [0.4, 0.5) is 5.82 Å². The standard InChI is InChI=1S/C28H35ClN4O2/c1-5-6-12-17-32(27(35)18-21-13-8-7-9-14-21)20-26(34)30-25-19-24(28(2,3)4)31-33(25)23-16-11-10-15-22(23)29/h7-11,13-16,19H,5-6,12,17-18,20H2,1-4H3,(H,30,34). The third kappa shape index (κ3) is 7.43. The molecule has 2 aromatic carbocycles. The van der Waals surface area contributed by atoms with Gasteiger partial charge in [-0.3, -0.25) is 9.59 Å². The molecule has 2 amide bonds. The first-order valence-electron chi connectivity index (χ1n) is 12.2. The molecule has 3 aromatic rings. The Kier molecular flexibility index (Phi) is 9.10. The van der Waals surface area contributed by atoms with Gasteiger partial charge < -0.3 is 10.2 Å². The molecule has 1 N–H and O–H groups in total. The minimum atomic E-state index is -0.267. The van der Waals surface area contributed by atoms with Crippen molar-refractivity contribution in [2.75, 3.05) is 18.4 Å². The van der Waals surface area contributed by atoms with Gasteiger partial charge in [0, 0.05) is 18.0 Å². The maximum absolute atomic E-state index is 13.2. The lowest BCUT2D eigenvalue weighted by Crippen LogP contribution is -2.39. The van der Waals surface area contributed by atoms with Crippen LogP contribution in [-0.2, 0) is 21.4 Å². The van der Waals surface area contributed by atoms with Crippen molar-refractivity contribution in [3.05, 3.63) is 76.9 Å². The van der Waals surface area contributed by atoms with Crippen molar-refractivity contribution in [3.8, 4) is 5.69 Å². The SMILES string of the molecule is CCCCCN(CC(=O)Nc1cc(C(C)(C)C)nn1-c1ccccc1Cl)C(=O)Cc1ccccc1. The van der Waals surface area contributed by atoms with E-state index in [1.807, 2.05) is 54.6 Å². The second kappa shape index (κ2) is 12.0. The average molecular weight is 495 g/mol. The van der Waals surface area contributed by atoms with Gasteiger partial charge in [0.15, 0.2) is 0 Å². The molecule has 0 bridgehead atoms. The number of para-hydroxylation sites is 1. The number of nitrogens with one attached hydrogen (secondary N) is 1. The van der Waals surface area contributed by atoms with Crippen LogP contribution in [0.2, 0.25) is 5.02 Å². The summed E-state index contributed by atoms with van der Waals surface area (Å²) in [6.45, 7) is 8.84. The maximum atomic E-state index is 13.2. The van der Waals surface area contributed by atoms with E-state index in [1.165, 1.54) is 0 Å². The molecule has 186 valence electrons. The Labute approximate surface area is 213 Å². The highest BCUT2D eigenvalue weighted by molar-refractivity contribution is 6.32. The molecule has 6 nitrogen and oxygen atoms in total. The molecule has 0 saturated carbocycles. The molecule has 0 aliphatic heterocycles. The van der Waals surface area contributed by atoms with Crippen LogP contribution in [-0.4, -0.2) is 39.6 Å². The summed E-state index contributed by atoms with van der Waals surface area (Å²) in [4.78, 5) is 27.9. The molecule has 0 fully saturated rings. The number of hydrogen-bond acceptors (Lipinski definition) is 3. The van der Waals surface area contributed by atoms with Gasteiger partial charge in [0.1, 0.15) is 5.82 Å². The normalized spacial score (nSPS) is 11.3. The smallest absolute Gasteiger partial charge is 0.245 e. The van der Waals surface area contributed by atoms with Crippen molar-refractivity contribution in [2.45, 2.75) is 58.8 Å². The van der Waals surface area contributed by atoms with E-state index in [-0.39, 0.29) is 30.2 Å². The molecule has 0 radical (unpaired) electrons. The first kappa shape index (κ1) is 26.5. The topological polar surface area (TPSA) is 67.2 Å². The van der Waals surface area contributed by atoms with Crippen LogP contribution in [0.25, 0.3) is 5.69 Å². The summed E-state index contributed by atoms with van der Waals surface area (Å²) in [5, 5.41) is 8.24. The summed E-state index contributed by atoms with van der Waals surface area (Å²) in [7, 11) is 0. The van der Waals surface area contributed by atoms with Gasteiger partial charge in [0.2, 0.25) is 11.8 Å². The molecule has 1 heterocycles. The number of unbranched alkanes of at least 4 members (excludes halogenated alkanes) is 2. The summed E-state index contributed by atoms with van der Waals surface area (Å²) in [5.74, 6) is 0.200. The summed E-state index contributed by atoms with van der Waals surface area (Å²) in [6, 6.07) is 18.9. The zero-order chi connectivity index (χ0) is 25.4. The van der Waals surface area contributed by atoms with Crippen LogP contribution in [0.15, 0.2) is 60.7 Å². The Morgan fingerprint density at radius 2 is 1.71 bits per heavy atom. The number of carbonyl (C=O) groups is 2.